The van der Waals surface area contributed by atoms with E-state index < -0.39 is 11.7 Å². The van der Waals surface area contributed by atoms with Gasteiger partial charge < -0.3 is 0 Å². The third-order valence-electron chi connectivity index (χ3n) is 2.45. The minimum Gasteiger partial charge on any atom is -0.197 e. The Labute approximate surface area is 95.7 Å². The van der Waals surface area contributed by atoms with Crippen molar-refractivity contribution in [3.63, 3.8) is 0 Å². The van der Waals surface area contributed by atoms with Crippen LogP contribution in [0.2, 0.25) is 0 Å². The Hall–Kier alpha value is -1.85. The van der Waals surface area contributed by atoms with Crippen LogP contribution in [0.15, 0.2) is 24.3 Å². The highest BCUT2D eigenvalue weighted by Gasteiger charge is 2.30. The molecule has 0 radical (unpaired) electrons. The summed E-state index contributed by atoms with van der Waals surface area (Å²) in [6.07, 6.45) is -3.97. The van der Waals surface area contributed by atoms with Crippen LogP contribution in [0.3, 0.4) is 0 Å². The maximum atomic E-state index is 12.5. The van der Waals surface area contributed by atoms with E-state index in [0.29, 0.717) is 23.4 Å². The molecular formula is C11H10F3N3. The lowest BCUT2D eigenvalue weighted by Crippen LogP contribution is -2.05. The van der Waals surface area contributed by atoms with Gasteiger partial charge in [0, 0.05) is 6.42 Å². The Balaban J connectivity index is 2.26. The van der Waals surface area contributed by atoms with Crippen LogP contribution in [-0.2, 0) is 12.6 Å². The molecule has 0 bridgehead atoms. The first-order valence-electron chi connectivity index (χ1n) is 4.99. The van der Waals surface area contributed by atoms with Crippen molar-refractivity contribution in [3.05, 3.63) is 46.8 Å². The summed E-state index contributed by atoms with van der Waals surface area (Å²) in [6.45, 7) is 1.76. The summed E-state index contributed by atoms with van der Waals surface area (Å²) in [5.41, 5.74) is 1.28. The largest absolute Gasteiger partial charge is 0.416 e. The van der Waals surface area contributed by atoms with Crippen LogP contribution in [0.25, 0.3) is 0 Å². The predicted molar refractivity (Wildman–Crippen MR) is 55.4 cm³/mol. The minimum absolute atomic E-state index is 0.340. The molecule has 2 rings (SSSR count). The van der Waals surface area contributed by atoms with Crippen LogP contribution in [0.5, 0.6) is 0 Å². The first kappa shape index (κ1) is 11.6. The summed E-state index contributed by atoms with van der Waals surface area (Å²) in [7, 11) is 0. The zero-order valence-electron chi connectivity index (χ0n) is 9.04. The Morgan fingerprint density at radius 1 is 1.24 bits per heavy atom. The predicted octanol–water partition coefficient (Wildman–Crippen LogP) is 2.72. The summed E-state index contributed by atoms with van der Waals surface area (Å²) in [5.74, 6) is 0. The third kappa shape index (κ3) is 2.64. The molecule has 1 heterocycles. The van der Waals surface area contributed by atoms with Crippen molar-refractivity contribution in [1.29, 1.82) is 0 Å². The van der Waals surface area contributed by atoms with Crippen molar-refractivity contribution in [1.82, 2.24) is 15.4 Å². The Morgan fingerprint density at radius 3 is 2.59 bits per heavy atom. The summed E-state index contributed by atoms with van der Waals surface area (Å²) < 4.78 is 37.5. The Morgan fingerprint density at radius 2 is 2.00 bits per heavy atom. The summed E-state index contributed by atoms with van der Waals surface area (Å²) in [4.78, 5) is 0. The van der Waals surface area contributed by atoms with Crippen LogP contribution in [0.4, 0.5) is 13.2 Å². The lowest BCUT2D eigenvalue weighted by atomic mass is 10.1. The van der Waals surface area contributed by atoms with E-state index in [0.717, 1.165) is 12.1 Å². The minimum atomic E-state index is -4.31. The number of H-pyrrole nitrogens is 1. The van der Waals surface area contributed by atoms with Gasteiger partial charge in [0.05, 0.1) is 17.0 Å². The van der Waals surface area contributed by atoms with Gasteiger partial charge in [-0.15, -0.1) is 0 Å². The molecule has 0 aliphatic rings. The second-order valence-electron chi connectivity index (χ2n) is 3.73. The van der Waals surface area contributed by atoms with Crippen LogP contribution in [-0.4, -0.2) is 15.4 Å². The molecule has 2 aromatic rings. The highest BCUT2D eigenvalue weighted by atomic mass is 19.4. The molecule has 6 heteroatoms. The number of aromatic amines is 1. The molecule has 17 heavy (non-hydrogen) atoms. The molecule has 0 saturated heterocycles. The molecule has 0 aliphatic carbocycles. The topological polar surface area (TPSA) is 41.6 Å². The SMILES string of the molecule is Cc1n[nH]nc1Cc1cccc(C(F)(F)F)c1. The molecule has 90 valence electrons. The van der Waals surface area contributed by atoms with E-state index in [2.05, 4.69) is 15.4 Å². The highest BCUT2D eigenvalue weighted by molar-refractivity contribution is 5.29. The number of aromatic nitrogens is 3. The number of rotatable bonds is 2. The van der Waals surface area contributed by atoms with Gasteiger partial charge in [-0.3, -0.25) is 0 Å². The van der Waals surface area contributed by atoms with Gasteiger partial charge >= 0.3 is 6.18 Å². The molecule has 0 fully saturated rings. The molecule has 0 saturated carbocycles. The maximum Gasteiger partial charge on any atom is 0.416 e. The van der Waals surface area contributed by atoms with Gasteiger partial charge in [0.2, 0.25) is 0 Å². The van der Waals surface area contributed by atoms with Crippen LogP contribution in [0, 0.1) is 6.92 Å². The van der Waals surface area contributed by atoms with Crippen molar-refractivity contribution in [3.8, 4) is 0 Å². The molecule has 3 nitrogen and oxygen atoms in total. The van der Waals surface area contributed by atoms with Crippen LogP contribution >= 0.6 is 0 Å². The molecule has 1 N–H and O–H groups in total. The smallest absolute Gasteiger partial charge is 0.197 e. The number of hydrogen-bond donors (Lipinski definition) is 1. The molecule has 1 aromatic carbocycles. The van der Waals surface area contributed by atoms with Crippen molar-refractivity contribution < 1.29 is 13.2 Å². The summed E-state index contributed by atoms with van der Waals surface area (Å²) >= 11 is 0. The molecule has 0 unspecified atom stereocenters. The molecule has 0 spiro atoms. The number of halogens is 3. The van der Waals surface area contributed by atoms with Crippen molar-refractivity contribution in [2.45, 2.75) is 19.5 Å². The lowest BCUT2D eigenvalue weighted by molar-refractivity contribution is -0.137. The first-order chi connectivity index (χ1) is 7.97. The summed E-state index contributed by atoms with van der Waals surface area (Å²) in [6, 6.07) is 5.23. The molecule has 0 aliphatic heterocycles. The van der Waals surface area contributed by atoms with E-state index >= 15 is 0 Å². The number of nitrogens with one attached hydrogen (secondary N) is 1. The highest BCUT2D eigenvalue weighted by Crippen LogP contribution is 2.29. The average Bonchev–Trinajstić information content (AvgIpc) is 2.64. The number of hydrogen-bond acceptors (Lipinski definition) is 2. The standard InChI is InChI=1S/C11H10F3N3/c1-7-10(16-17-15-7)6-8-3-2-4-9(5-8)11(12,13)14/h2-5H,6H2,1H3,(H,15,16,17). The van der Waals surface area contributed by atoms with Gasteiger partial charge in [0.1, 0.15) is 0 Å². The van der Waals surface area contributed by atoms with Gasteiger partial charge in [-0.1, -0.05) is 18.2 Å². The number of nitrogens with zero attached hydrogens (tertiary/aromatic N) is 2. The van der Waals surface area contributed by atoms with Gasteiger partial charge in [-0.25, -0.2) is 0 Å². The zero-order valence-corrected chi connectivity index (χ0v) is 9.04. The number of alkyl halides is 3. The summed E-state index contributed by atoms with van der Waals surface area (Å²) in [5, 5.41) is 10.2. The van der Waals surface area contributed by atoms with E-state index in [1.807, 2.05) is 0 Å². The van der Waals surface area contributed by atoms with Gasteiger partial charge in [-0.05, 0) is 18.6 Å². The average molecular weight is 241 g/mol. The second-order valence-corrected chi connectivity index (χ2v) is 3.73. The van der Waals surface area contributed by atoms with Gasteiger partial charge in [0.25, 0.3) is 0 Å². The molecular weight excluding hydrogens is 231 g/mol. The number of benzene rings is 1. The third-order valence-corrected chi connectivity index (χ3v) is 2.45. The monoisotopic (exact) mass is 241 g/mol. The van der Waals surface area contributed by atoms with E-state index in [4.69, 9.17) is 0 Å². The Kier molecular flexibility index (Phi) is 2.87. The molecule has 0 amide bonds. The van der Waals surface area contributed by atoms with Crippen LogP contribution in [0.1, 0.15) is 22.5 Å². The second kappa shape index (κ2) is 4.20. The lowest BCUT2D eigenvalue weighted by Gasteiger charge is -2.07. The zero-order chi connectivity index (χ0) is 12.5. The fourth-order valence-corrected chi connectivity index (χ4v) is 1.52. The van der Waals surface area contributed by atoms with Crippen molar-refractivity contribution >= 4 is 0 Å². The molecule has 1 aromatic heterocycles. The van der Waals surface area contributed by atoms with Gasteiger partial charge in [0.15, 0.2) is 0 Å². The quantitative estimate of drug-likeness (QED) is 0.878. The van der Waals surface area contributed by atoms with E-state index in [1.165, 1.54) is 6.07 Å². The fourth-order valence-electron chi connectivity index (χ4n) is 1.52. The van der Waals surface area contributed by atoms with Crippen molar-refractivity contribution in [2.75, 3.05) is 0 Å². The number of aryl methyl sites for hydroxylation is 1. The first-order valence-corrected chi connectivity index (χ1v) is 4.99. The van der Waals surface area contributed by atoms with E-state index in [-0.39, 0.29) is 0 Å². The van der Waals surface area contributed by atoms with Gasteiger partial charge in [-0.2, -0.15) is 28.6 Å². The van der Waals surface area contributed by atoms with Crippen LogP contribution < -0.4 is 0 Å². The normalized spacial score (nSPS) is 11.8. The van der Waals surface area contributed by atoms with Crippen molar-refractivity contribution in [2.24, 2.45) is 0 Å². The molecule has 0 atom stereocenters. The maximum absolute atomic E-state index is 12.5. The van der Waals surface area contributed by atoms with E-state index in [9.17, 15) is 13.2 Å². The van der Waals surface area contributed by atoms with E-state index in [1.54, 1.807) is 13.0 Å². The Bertz CT molecular complexity index is 517. The fraction of sp³-hybridized carbons (Fsp3) is 0.273.